The molecule has 1 saturated carbocycles. The lowest BCUT2D eigenvalue weighted by atomic mass is 9.69. The van der Waals surface area contributed by atoms with Crippen LogP contribution >= 0.6 is 0 Å². The second-order valence-electron chi connectivity index (χ2n) is 8.49. The fourth-order valence-corrected chi connectivity index (χ4v) is 4.94. The number of nitriles is 1. The third-order valence-electron chi connectivity index (χ3n) is 6.70. The van der Waals surface area contributed by atoms with Crippen molar-refractivity contribution in [3.05, 3.63) is 65.2 Å². The summed E-state index contributed by atoms with van der Waals surface area (Å²) >= 11 is 0. The molecule has 7 heteroatoms. The van der Waals surface area contributed by atoms with Crippen LogP contribution in [0, 0.1) is 23.0 Å². The molecule has 1 saturated heterocycles. The Hall–Kier alpha value is -2.98. The van der Waals surface area contributed by atoms with E-state index in [9.17, 15) is 13.6 Å². The molecule has 1 spiro atoms. The standard InChI is InChI=1S/C23H24F2N4O/c1-28(2)23(17-6-4-3-5-7-17)10-8-22(9-11-23)15-29(21(30)27-22)20-18(24)12-16(14-26)13-19(20)25/h3-7,12-13H,8-11,15H2,1-2H3,(H,27,30)/t22-,23+. The number of nitrogens with one attached hydrogen (secondary N) is 1. The first-order valence-corrected chi connectivity index (χ1v) is 10.0. The zero-order valence-corrected chi connectivity index (χ0v) is 17.1. The molecule has 1 aliphatic carbocycles. The SMILES string of the molecule is CN(C)[C@]1(c2ccccc2)CC[C@]2(CC1)CN(c1c(F)cc(C#N)cc1F)C(=O)N2. The number of carbonyl (C=O) groups is 1. The number of halogens is 2. The van der Waals surface area contributed by atoms with Crippen LogP contribution in [-0.2, 0) is 5.54 Å². The lowest BCUT2D eigenvalue weighted by Gasteiger charge is -2.48. The summed E-state index contributed by atoms with van der Waals surface area (Å²) in [5, 5.41) is 11.9. The second-order valence-corrected chi connectivity index (χ2v) is 8.49. The Bertz CT molecular complexity index is 985. The highest BCUT2D eigenvalue weighted by molar-refractivity contribution is 5.95. The Morgan fingerprint density at radius 2 is 1.67 bits per heavy atom. The molecular formula is C23H24F2N4O. The molecule has 5 nitrogen and oxygen atoms in total. The number of carbonyl (C=O) groups excluding carboxylic acids is 1. The van der Waals surface area contributed by atoms with Crippen LogP contribution in [-0.4, -0.2) is 37.1 Å². The average molecular weight is 410 g/mol. The molecule has 0 unspecified atom stereocenters. The number of amides is 2. The van der Waals surface area contributed by atoms with Gasteiger partial charge < -0.3 is 5.32 Å². The van der Waals surface area contributed by atoms with Gasteiger partial charge >= 0.3 is 6.03 Å². The van der Waals surface area contributed by atoms with E-state index in [-0.39, 0.29) is 17.6 Å². The third kappa shape index (κ3) is 3.21. The second kappa shape index (κ2) is 7.37. The van der Waals surface area contributed by atoms with Crippen LogP contribution in [0.4, 0.5) is 19.3 Å². The predicted molar refractivity (Wildman–Crippen MR) is 110 cm³/mol. The molecule has 0 aromatic heterocycles. The van der Waals surface area contributed by atoms with E-state index in [1.165, 1.54) is 5.56 Å². The monoisotopic (exact) mass is 410 g/mol. The van der Waals surface area contributed by atoms with Crippen LogP contribution in [0.25, 0.3) is 0 Å². The molecule has 1 N–H and O–H groups in total. The fourth-order valence-electron chi connectivity index (χ4n) is 4.94. The predicted octanol–water partition coefficient (Wildman–Crippen LogP) is 4.14. The van der Waals surface area contributed by atoms with Crippen molar-refractivity contribution < 1.29 is 13.6 Å². The molecule has 2 aliphatic rings. The first-order valence-electron chi connectivity index (χ1n) is 10.0. The van der Waals surface area contributed by atoms with E-state index >= 15 is 0 Å². The van der Waals surface area contributed by atoms with Gasteiger partial charge in [0, 0.05) is 5.54 Å². The van der Waals surface area contributed by atoms with Crippen molar-refractivity contribution in [1.82, 2.24) is 10.2 Å². The van der Waals surface area contributed by atoms with Crippen molar-refractivity contribution in [1.29, 1.82) is 5.26 Å². The van der Waals surface area contributed by atoms with E-state index in [0.717, 1.165) is 29.9 Å². The minimum atomic E-state index is -0.901. The topological polar surface area (TPSA) is 59.4 Å². The Morgan fingerprint density at radius 1 is 1.07 bits per heavy atom. The van der Waals surface area contributed by atoms with E-state index in [0.29, 0.717) is 12.8 Å². The van der Waals surface area contributed by atoms with Gasteiger partial charge in [-0.05, 0) is 57.5 Å². The van der Waals surface area contributed by atoms with Crippen LogP contribution in [0.5, 0.6) is 0 Å². The molecule has 1 aliphatic heterocycles. The van der Waals surface area contributed by atoms with E-state index in [1.807, 2.05) is 18.2 Å². The third-order valence-corrected chi connectivity index (χ3v) is 6.70. The largest absolute Gasteiger partial charge is 0.330 e. The van der Waals surface area contributed by atoms with Gasteiger partial charge in [0.2, 0.25) is 0 Å². The lowest BCUT2D eigenvalue weighted by molar-refractivity contribution is 0.0657. The van der Waals surface area contributed by atoms with Crippen molar-refractivity contribution in [2.75, 3.05) is 25.5 Å². The summed E-state index contributed by atoms with van der Waals surface area (Å²) in [5.41, 5.74) is 0.0544. The number of benzene rings is 2. The number of anilines is 1. The van der Waals surface area contributed by atoms with Crippen LogP contribution in [0.2, 0.25) is 0 Å². The highest BCUT2D eigenvalue weighted by Crippen LogP contribution is 2.46. The Morgan fingerprint density at radius 3 is 2.20 bits per heavy atom. The van der Waals surface area contributed by atoms with Crippen LogP contribution < -0.4 is 10.2 Å². The van der Waals surface area contributed by atoms with Gasteiger partial charge in [0.05, 0.1) is 23.7 Å². The van der Waals surface area contributed by atoms with Gasteiger partial charge in [-0.25, -0.2) is 13.6 Å². The highest BCUT2D eigenvalue weighted by Gasteiger charge is 2.51. The highest BCUT2D eigenvalue weighted by atomic mass is 19.1. The van der Waals surface area contributed by atoms with Gasteiger partial charge in [-0.3, -0.25) is 9.80 Å². The minimum absolute atomic E-state index is 0.112. The van der Waals surface area contributed by atoms with E-state index in [2.05, 4.69) is 36.4 Å². The quantitative estimate of drug-likeness (QED) is 0.828. The van der Waals surface area contributed by atoms with Gasteiger partial charge in [-0.1, -0.05) is 30.3 Å². The Balaban J connectivity index is 1.59. The molecule has 30 heavy (non-hydrogen) atoms. The maximum Gasteiger partial charge on any atom is 0.322 e. The maximum absolute atomic E-state index is 14.5. The number of nitrogens with zero attached hydrogens (tertiary/aromatic N) is 3. The maximum atomic E-state index is 14.5. The first kappa shape index (κ1) is 20.3. The smallest absolute Gasteiger partial charge is 0.322 e. The summed E-state index contributed by atoms with van der Waals surface area (Å²) in [6.45, 7) is 0.198. The molecule has 1 heterocycles. The molecule has 2 amide bonds. The molecule has 0 radical (unpaired) electrons. The molecule has 2 aromatic carbocycles. The van der Waals surface area contributed by atoms with Gasteiger partial charge in [0.25, 0.3) is 0 Å². The van der Waals surface area contributed by atoms with Crippen molar-refractivity contribution in [3.8, 4) is 6.07 Å². The summed E-state index contributed by atoms with van der Waals surface area (Å²) in [6, 6.07) is 13.4. The van der Waals surface area contributed by atoms with Crippen molar-refractivity contribution in [3.63, 3.8) is 0 Å². The van der Waals surface area contributed by atoms with E-state index in [4.69, 9.17) is 5.26 Å². The number of urea groups is 1. The van der Waals surface area contributed by atoms with Gasteiger partial charge in [-0.2, -0.15) is 5.26 Å². The summed E-state index contributed by atoms with van der Waals surface area (Å²) in [5.74, 6) is -1.80. The van der Waals surface area contributed by atoms with Crippen molar-refractivity contribution in [2.45, 2.75) is 36.8 Å². The summed E-state index contributed by atoms with van der Waals surface area (Å²) < 4.78 is 29.0. The number of rotatable bonds is 3. The van der Waals surface area contributed by atoms with Crippen molar-refractivity contribution >= 4 is 11.7 Å². The van der Waals surface area contributed by atoms with E-state index in [1.54, 1.807) is 6.07 Å². The van der Waals surface area contributed by atoms with Crippen LogP contribution in [0.3, 0.4) is 0 Å². The van der Waals surface area contributed by atoms with Gasteiger partial charge in [0.1, 0.15) is 5.69 Å². The average Bonchev–Trinajstić information content (AvgIpc) is 3.04. The van der Waals surface area contributed by atoms with Crippen LogP contribution in [0.1, 0.15) is 36.8 Å². The summed E-state index contributed by atoms with van der Waals surface area (Å²) in [4.78, 5) is 16.0. The van der Waals surface area contributed by atoms with Gasteiger partial charge in [0.15, 0.2) is 11.6 Å². The summed E-state index contributed by atoms with van der Waals surface area (Å²) in [7, 11) is 4.12. The zero-order valence-electron chi connectivity index (χ0n) is 17.1. The van der Waals surface area contributed by atoms with Gasteiger partial charge in [-0.15, -0.1) is 0 Å². The molecule has 0 atom stereocenters. The lowest BCUT2D eigenvalue weighted by Crippen LogP contribution is -2.54. The number of hydrogen-bond donors (Lipinski definition) is 1. The van der Waals surface area contributed by atoms with Crippen LogP contribution in [0.15, 0.2) is 42.5 Å². The molecule has 0 bridgehead atoms. The fraction of sp³-hybridized carbons (Fsp3) is 0.391. The summed E-state index contributed by atoms with van der Waals surface area (Å²) in [6.07, 6.45) is 3.02. The van der Waals surface area contributed by atoms with Crippen molar-refractivity contribution in [2.24, 2.45) is 0 Å². The normalized spacial score (nSPS) is 26.1. The molecular weight excluding hydrogens is 386 g/mol. The number of hydrogen-bond acceptors (Lipinski definition) is 3. The molecule has 2 aromatic rings. The molecule has 4 rings (SSSR count). The molecule has 156 valence electrons. The first-order chi connectivity index (χ1) is 14.3. The minimum Gasteiger partial charge on any atom is -0.330 e. The Kier molecular flexibility index (Phi) is 4.99. The van der Waals surface area contributed by atoms with E-state index < -0.39 is 28.9 Å². The molecule has 2 fully saturated rings. The zero-order chi connectivity index (χ0) is 21.5. The Labute approximate surface area is 174 Å².